The Labute approximate surface area is 279 Å². The molecule has 1 unspecified atom stereocenters. The number of nitrogens with one attached hydrogen (secondary N) is 1. The highest BCUT2D eigenvalue weighted by atomic mass is 35.5. The number of carbonyl (C=O) groups is 2. The van der Waals surface area contributed by atoms with Crippen molar-refractivity contribution < 1.29 is 18.0 Å². The molecule has 0 bridgehead atoms. The first-order valence-corrected chi connectivity index (χ1v) is 16.8. The smallest absolute Gasteiger partial charge is 0.264 e. The minimum absolute atomic E-state index is 0.0138. The topological polar surface area (TPSA) is 86.8 Å². The van der Waals surface area contributed by atoms with Crippen molar-refractivity contribution in [2.24, 2.45) is 0 Å². The van der Waals surface area contributed by atoms with Gasteiger partial charge >= 0.3 is 0 Å². The van der Waals surface area contributed by atoms with Crippen LogP contribution >= 0.6 is 34.8 Å². The molecule has 236 valence electrons. The fourth-order valence-corrected chi connectivity index (χ4v) is 6.79. The van der Waals surface area contributed by atoms with E-state index < -0.39 is 40.0 Å². The lowest BCUT2D eigenvalue weighted by molar-refractivity contribution is -0.140. The second kappa shape index (κ2) is 14.7. The average molecular weight is 687 g/mol. The molecule has 11 heteroatoms. The Hall–Kier alpha value is -3.56. The van der Waals surface area contributed by atoms with Gasteiger partial charge in [-0.2, -0.15) is 0 Å². The highest BCUT2D eigenvalue weighted by Crippen LogP contribution is 2.31. The summed E-state index contributed by atoms with van der Waals surface area (Å²) in [7, 11) is -4.26. The number of nitrogens with zero attached hydrogens (tertiary/aromatic N) is 2. The van der Waals surface area contributed by atoms with Gasteiger partial charge in [0.05, 0.1) is 25.7 Å². The van der Waals surface area contributed by atoms with E-state index >= 15 is 0 Å². The van der Waals surface area contributed by atoms with Gasteiger partial charge in [0.1, 0.15) is 12.6 Å². The summed E-state index contributed by atoms with van der Waals surface area (Å²) in [6, 6.07) is 27.4. The Morgan fingerprint density at radius 1 is 0.756 bits per heavy atom. The van der Waals surface area contributed by atoms with E-state index in [2.05, 4.69) is 5.32 Å². The van der Waals surface area contributed by atoms with Crippen molar-refractivity contribution in [1.82, 2.24) is 10.2 Å². The molecule has 0 aliphatic rings. The summed E-state index contributed by atoms with van der Waals surface area (Å²) in [4.78, 5) is 29.8. The molecule has 0 aromatic heterocycles. The van der Waals surface area contributed by atoms with Crippen molar-refractivity contribution in [3.8, 4) is 0 Å². The molecule has 0 fully saturated rings. The fourth-order valence-electron chi connectivity index (χ4n) is 4.73. The van der Waals surface area contributed by atoms with Gasteiger partial charge in [-0.05, 0) is 68.3 Å². The lowest BCUT2D eigenvalue weighted by atomic mass is 10.0. The van der Waals surface area contributed by atoms with E-state index in [-0.39, 0.29) is 33.6 Å². The third-order valence-electron chi connectivity index (χ3n) is 6.84. The van der Waals surface area contributed by atoms with Gasteiger partial charge in [0.2, 0.25) is 11.8 Å². The first-order valence-electron chi connectivity index (χ1n) is 14.2. The summed E-state index contributed by atoms with van der Waals surface area (Å²) < 4.78 is 29.1. The summed E-state index contributed by atoms with van der Waals surface area (Å²) in [6.45, 7) is 4.87. The van der Waals surface area contributed by atoms with Gasteiger partial charge in [-0.15, -0.1) is 0 Å². The standard InChI is InChI=1S/C34H34Cl3N3O4S/c1-34(2,3)38-33(42)31(21-24-12-6-4-7-13-24)39(22-25-18-19-27(35)29(37)20-25)32(41)23-40(30-17-11-10-16-28(30)36)45(43,44)26-14-8-5-9-15-26/h4-20,31H,21-23H2,1-3H3,(H,38,42). The molecular weight excluding hydrogens is 653 g/mol. The number of hydrogen-bond acceptors (Lipinski definition) is 4. The third kappa shape index (κ3) is 9.01. The third-order valence-corrected chi connectivity index (χ3v) is 9.67. The van der Waals surface area contributed by atoms with Gasteiger partial charge in [-0.1, -0.05) is 102 Å². The molecular formula is C34H34Cl3N3O4S. The Balaban J connectivity index is 1.84. The zero-order valence-corrected chi connectivity index (χ0v) is 28.2. The molecule has 0 aliphatic carbocycles. The largest absolute Gasteiger partial charge is 0.350 e. The Morgan fingerprint density at radius 2 is 1.36 bits per heavy atom. The summed E-state index contributed by atoms with van der Waals surface area (Å²) in [5, 5.41) is 3.76. The molecule has 0 aliphatic heterocycles. The molecule has 0 saturated heterocycles. The van der Waals surface area contributed by atoms with Crippen LogP contribution in [-0.2, 0) is 32.6 Å². The minimum atomic E-state index is -4.26. The number of para-hydroxylation sites is 1. The number of sulfonamides is 1. The van der Waals surface area contributed by atoms with Gasteiger partial charge in [0.15, 0.2) is 0 Å². The van der Waals surface area contributed by atoms with Gasteiger partial charge in [0.25, 0.3) is 10.0 Å². The molecule has 45 heavy (non-hydrogen) atoms. The van der Waals surface area contributed by atoms with E-state index in [9.17, 15) is 18.0 Å². The number of halogens is 3. The second-order valence-corrected chi connectivity index (χ2v) is 14.6. The normalized spacial score (nSPS) is 12.3. The van der Waals surface area contributed by atoms with Crippen LogP contribution in [-0.4, -0.2) is 43.3 Å². The molecule has 0 radical (unpaired) electrons. The minimum Gasteiger partial charge on any atom is -0.350 e. The van der Waals surface area contributed by atoms with Crippen molar-refractivity contribution >= 4 is 62.3 Å². The molecule has 1 atom stereocenters. The lowest BCUT2D eigenvalue weighted by Crippen LogP contribution is -2.56. The quantitative estimate of drug-likeness (QED) is 0.178. The van der Waals surface area contributed by atoms with E-state index in [1.54, 1.807) is 54.6 Å². The molecule has 7 nitrogen and oxygen atoms in total. The fraction of sp³-hybridized carbons (Fsp3) is 0.235. The van der Waals surface area contributed by atoms with E-state index in [1.165, 1.54) is 23.1 Å². The zero-order valence-electron chi connectivity index (χ0n) is 25.1. The first kappa shape index (κ1) is 34.3. The highest BCUT2D eigenvalue weighted by Gasteiger charge is 2.36. The number of rotatable bonds is 11. The number of carbonyl (C=O) groups excluding carboxylic acids is 2. The zero-order chi connectivity index (χ0) is 32.8. The van der Waals surface area contributed by atoms with Gasteiger partial charge in [0, 0.05) is 18.5 Å². The monoisotopic (exact) mass is 685 g/mol. The molecule has 2 amide bonds. The predicted molar refractivity (Wildman–Crippen MR) is 181 cm³/mol. The van der Waals surface area contributed by atoms with Gasteiger partial charge in [-0.3, -0.25) is 13.9 Å². The van der Waals surface area contributed by atoms with Crippen LogP contribution in [0.5, 0.6) is 0 Å². The number of amides is 2. The van der Waals surface area contributed by atoms with Crippen LogP contribution in [0, 0.1) is 0 Å². The maximum Gasteiger partial charge on any atom is 0.264 e. The molecule has 4 aromatic carbocycles. The van der Waals surface area contributed by atoms with Crippen LogP contribution in [0.1, 0.15) is 31.9 Å². The summed E-state index contributed by atoms with van der Waals surface area (Å²) >= 11 is 19.0. The van der Waals surface area contributed by atoms with Crippen molar-refractivity contribution in [2.45, 2.75) is 50.2 Å². The lowest BCUT2D eigenvalue weighted by Gasteiger charge is -2.35. The molecule has 4 rings (SSSR count). The predicted octanol–water partition coefficient (Wildman–Crippen LogP) is 7.40. The van der Waals surface area contributed by atoms with Crippen LogP contribution in [0.2, 0.25) is 15.1 Å². The molecule has 0 spiro atoms. The second-order valence-electron chi connectivity index (χ2n) is 11.5. The van der Waals surface area contributed by atoms with E-state index in [0.29, 0.717) is 10.6 Å². The van der Waals surface area contributed by atoms with Crippen molar-refractivity contribution in [3.63, 3.8) is 0 Å². The number of hydrogen-bond donors (Lipinski definition) is 1. The van der Waals surface area contributed by atoms with Gasteiger partial charge in [-0.25, -0.2) is 8.42 Å². The van der Waals surface area contributed by atoms with Crippen LogP contribution in [0.15, 0.2) is 108 Å². The Kier molecular flexibility index (Phi) is 11.2. The van der Waals surface area contributed by atoms with E-state index in [0.717, 1.165) is 9.87 Å². The van der Waals surface area contributed by atoms with Crippen molar-refractivity contribution in [1.29, 1.82) is 0 Å². The number of anilines is 1. The van der Waals surface area contributed by atoms with Gasteiger partial charge < -0.3 is 10.2 Å². The van der Waals surface area contributed by atoms with Crippen LogP contribution in [0.25, 0.3) is 0 Å². The Morgan fingerprint density at radius 3 is 1.96 bits per heavy atom. The molecule has 4 aromatic rings. The Bertz CT molecular complexity index is 1750. The van der Waals surface area contributed by atoms with E-state index in [1.807, 2.05) is 51.1 Å². The maximum atomic E-state index is 14.5. The molecule has 0 heterocycles. The van der Waals surface area contributed by atoms with Crippen LogP contribution < -0.4 is 9.62 Å². The molecule has 0 saturated carbocycles. The van der Waals surface area contributed by atoms with E-state index in [4.69, 9.17) is 34.8 Å². The number of benzene rings is 4. The average Bonchev–Trinajstić information content (AvgIpc) is 3.00. The molecule has 1 N–H and O–H groups in total. The van der Waals surface area contributed by atoms with Crippen molar-refractivity contribution in [2.75, 3.05) is 10.8 Å². The van der Waals surface area contributed by atoms with Crippen LogP contribution in [0.4, 0.5) is 5.69 Å². The summed E-state index contributed by atoms with van der Waals surface area (Å²) in [5.74, 6) is -1.01. The maximum absolute atomic E-state index is 14.5. The summed E-state index contributed by atoms with van der Waals surface area (Å²) in [5.41, 5.74) is 0.947. The van der Waals surface area contributed by atoms with Crippen LogP contribution in [0.3, 0.4) is 0 Å². The highest BCUT2D eigenvalue weighted by molar-refractivity contribution is 7.92. The first-order chi connectivity index (χ1) is 21.3. The summed E-state index contributed by atoms with van der Waals surface area (Å²) in [6.07, 6.45) is 0.174. The SMILES string of the molecule is CC(C)(C)NC(=O)C(Cc1ccccc1)N(Cc1ccc(Cl)c(Cl)c1)C(=O)CN(c1ccccc1Cl)S(=O)(=O)c1ccccc1. The van der Waals surface area contributed by atoms with Crippen molar-refractivity contribution in [3.05, 3.63) is 129 Å².